The first kappa shape index (κ1) is 14.6. The number of benzene rings is 1. The summed E-state index contributed by atoms with van der Waals surface area (Å²) in [5.41, 5.74) is 4.86. The van der Waals surface area contributed by atoms with E-state index in [4.69, 9.17) is 27.2 Å². The van der Waals surface area contributed by atoms with E-state index in [9.17, 15) is 18.0 Å². The van der Waals surface area contributed by atoms with Crippen molar-refractivity contribution in [2.45, 2.75) is 12.3 Å². The number of carbonyl (C=O) groups excluding carboxylic acids is 1. The van der Waals surface area contributed by atoms with E-state index in [-0.39, 0.29) is 16.3 Å². The van der Waals surface area contributed by atoms with Crippen molar-refractivity contribution in [3.63, 3.8) is 0 Å². The molecule has 0 aliphatic rings. The van der Waals surface area contributed by atoms with Crippen molar-refractivity contribution in [2.75, 3.05) is 6.61 Å². The largest absolute Gasteiger partial charge is 0.490 e. The van der Waals surface area contributed by atoms with E-state index >= 15 is 0 Å². The van der Waals surface area contributed by atoms with Gasteiger partial charge >= 0.3 is 6.18 Å². The van der Waals surface area contributed by atoms with Crippen LogP contribution in [0, 0.1) is 0 Å². The van der Waals surface area contributed by atoms with Gasteiger partial charge in [-0.3, -0.25) is 4.79 Å². The standard InChI is InChI=1S/C10H9ClF3NO3/c11-5-1-2-7(6(3-5)9(15)17)18-4-8(16)10(12,13)14/h1-3,8,16H,4H2,(H2,15,17)/t8-/m1/s1. The molecule has 0 bridgehead atoms. The van der Waals surface area contributed by atoms with Gasteiger partial charge in [-0.1, -0.05) is 11.6 Å². The second-order valence-corrected chi connectivity index (χ2v) is 3.81. The molecule has 0 aliphatic carbocycles. The molecule has 4 nitrogen and oxygen atoms in total. The summed E-state index contributed by atoms with van der Waals surface area (Å²) in [7, 11) is 0. The Bertz CT molecular complexity index is 450. The number of hydrogen-bond donors (Lipinski definition) is 2. The van der Waals surface area contributed by atoms with Crippen LogP contribution in [-0.4, -0.2) is 29.9 Å². The molecule has 3 N–H and O–H groups in total. The molecular formula is C10H9ClF3NO3. The van der Waals surface area contributed by atoms with Gasteiger partial charge in [-0.05, 0) is 18.2 Å². The van der Waals surface area contributed by atoms with Crippen molar-refractivity contribution >= 4 is 17.5 Å². The average Bonchev–Trinajstić information content (AvgIpc) is 2.25. The highest BCUT2D eigenvalue weighted by Crippen LogP contribution is 2.25. The van der Waals surface area contributed by atoms with Crippen LogP contribution in [0.3, 0.4) is 0 Å². The first-order chi connectivity index (χ1) is 8.21. The second-order valence-electron chi connectivity index (χ2n) is 3.37. The zero-order chi connectivity index (χ0) is 13.9. The van der Waals surface area contributed by atoms with Gasteiger partial charge in [-0.15, -0.1) is 0 Å². The van der Waals surface area contributed by atoms with Crippen LogP contribution in [0.4, 0.5) is 13.2 Å². The highest BCUT2D eigenvalue weighted by molar-refractivity contribution is 6.31. The minimum Gasteiger partial charge on any atom is -0.490 e. The summed E-state index contributed by atoms with van der Waals surface area (Å²) in [5.74, 6) is -1.07. The van der Waals surface area contributed by atoms with E-state index < -0.39 is 24.8 Å². The number of ether oxygens (including phenoxy) is 1. The van der Waals surface area contributed by atoms with E-state index in [1.807, 2.05) is 0 Å². The van der Waals surface area contributed by atoms with E-state index in [1.54, 1.807) is 0 Å². The maximum Gasteiger partial charge on any atom is 0.417 e. The molecule has 0 aliphatic heterocycles. The summed E-state index contributed by atoms with van der Waals surface area (Å²) in [6.07, 6.45) is -7.44. The molecule has 0 heterocycles. The summed E-state index contributed by atoms with van der Waals surface area (Å²) in [5, 5.41) is 8.93. The second kappa shape index (κ2) is 5.45. The molecule has 1 aromatic rings. The Hall–Kier alpha value is -1.47. The normalized spacial score (nSPS) is 13.2. The molecule has 1 rings (SSSR count). The third-order valence-corrected chi connectivity index (χ3v) is 2.22. The summed E-state index contributed by atoms with van der Waals surface area (Å²) in [6.45, 7) is -1.04. The number of nitrogens with two attached hydrogens (primary N) is 1. The number of carbonyl (C=O) groups is 1. The number of amides is 1. The van der Waals surface area contributed by atoms with Gasteiger partial charge in [0.05, 0.1) is 5.56 Å². The molecule has 8 heteroatoms. The highest BCUT2D eigenvalue weighted by atomic mass is 35.5. The minimum atomic E-state index is -4.79. The smallest absolute Gasteiger partial charge is 0.417 e. The van der Waals surface area contributed by atoms with Crippen LogP contribution in [0.2, 0.25) is 5.02 Å². The average molecular weight is 284 g/mol. The molecule has 1 atom stereocenters. The van der Waals surface area contributed by atoms with Gasteiger partial charge in [0.2, 0.25) is 0 Å². The Labute approximate surface area is 105 Å². The van der Waals surface area contributed by atoms with E-state index in [0.29, 0.717) is 0 Å². The minimum absolute atomic E-state index is 0.156. The monoisotopic (exact) mass is 283 g/mol. The van der Waals surface area contributed by atoms with Gasteiger partial charge in [0.1, 0.15) is 12.4 Å². The lowest BCUT2D eigenvalue weighted by atomic mass is 10.2. The third-order valence-electron chi connectivity index (χ3n) is 1.98. The van der Waals surface area contributed by atoms with Crippen molar-refractivity contribution in [3.8, 4) is 5.75 Å². The molecule has 0 saturated heterocycles. The predicted octanol–water partition coefficient (Wildman–Crippen LogP) is 1.74. The van der Waals surface area contributed by atoms with Crippen LogP contribution in [0.1, 0.15) is 10.4 Å². The zero-order valence-electron chi connectivity index (χ0n) is 8.87. The van der Waals surface area contributed by atoms with Crippen LogP contribution in [0.25, 0.3) is 0 Å². The van der Waals surface area contributed by atoms with Gasteiger partial charge in [-0.25, -0.2) is 0 Å². The molecule has 0 fully saturated rings. The highest BCUT2D eigenvalue weighted by Gasteiger charge is 2.38. The Morgan fingerprint density at radius 2 is 2.11 bits per heavy atom. The van der Waals surface area contributed by atoms with Gasteiger partial charge in [0.15, 0.2) is 6.10 Å². The van der Waals surface area contributed by atoms with Crippen LogP contribution in [-0.2, 0) is 0 Å². The lowest BCUT2D eigenvalue weighted by Crippen LogP contribution is -2.34. The van der Waals surface area contributed by atoms with Crippen molar-refractivity contribution in [2.24, 2.45) is 5.73 Å². The zero-order valence-corrected chi connectivity index (χ0v) is 9.63. The number of primary amides is 1. The molecule has 0 aromatic heterocycles. The molecule has 100 valence electrons. The molecule has 0 radical (unpaired) electrons. The van der Waals surface area contributed by atoms with E-state index in [2.05, 4.69) is 0 Å². The number of alkyl halides is 3. The maximum atomic E-state index is 12.0. The van der Waals surface area contributed by atoms with Crippen molar-refractivity contribution in [3.05, 3.63) is 28.8 Å². The SMILES string of the molecule is NC(=O)c1cc(Cl)ccc1OC[C@@H](O)C(F)(F)F. The Kier molecular flexibility index (Phi) is 4.42. The fourth-order valence-corrected chi connectivity index (χ4v) is 1.26. The molecule has 18 heavy (non-hydrogen) atoms. The quantitative estimate of drug-likeness (QED) is 0.884. The van der Waals surface area contributed by atoms with Gasteiger partial charge in [0.25, 0.3) is 5.91 Å². The molecule has 1 aromatic carbocycles. The number of hydrogen-bond acceptors (Lipinski definition) is 3. The molecule has 0 spiro atoms. The van der Waals surface area contributed by atoms with Gasteiger partial charge < -0.3 is 15.6 Å². The van der Waals surface area contributed by atoms with Crippen LogP contribution in [0.15, 0.2) is 18.2 Å². The summed E-state index contributed by atoms with van der Waals surface area (Å²) >= 11 is 5.60. The first-order valence-corrected chi connectivity index (χ1v) is 5.06. The lowest BCUT2D eigenvalue weighted by molar-refractivity contribution is -0.210. The van der Waals surface area contributed by atoms with Crippen molar-refractivity contribution in [1.82, 2.24) is 0 Å². The van der Waals surface area contributed by atoms with Gasteiger partial charge in [0, 0.05) is 5.02 Å². The molecular weight excluding hydrogens is 275 g/mol. The van der Waals surface area contributed by atoms with E-state index in [0.717, 1.165) is 0 Å². The summed E-state index contributed by atoms with van der Waals surface area (Å²) in [6, 6.07) is 3.69. The van der Waals surface area contributed by atoms with Crippen molar-refractivity contribution in [1.29, 1.82) is 0 Å². The fraction of sp³-hybridized carbons (Fsp3) is 0.300. The van der Waals surface area contributed by atoms with Gasteiger partial charge in [-0.2, -0.15) is 13.2 Å². The fourth-order valence-electron chi connectivity index (χ4n) is 1.08. The Balaban J connectivity index is 2.82. The topological polar surface area (TPSA) is 72.6 Å². The van der Waals surface area contributed by atoms with E-state index in [1.165, 1.54) is 18.2 Å². The van der Waals surface area contributed by atoms with Crippen molar-refractivity contribution < 1.29 is 27.8 Å². The summed E-state index contributed by atoms with van der Waals surface area (Å²) in [4.78, 5) is 11.0. The maximum absolute atomic E-state index is 12.0. The number of halogens is 4. The first-order valence-electron chi connectivity index (χ1n) is 4.68. The Morgan fingerprint density at radius 1 is 1.50 bits per heavy atom. The third kappa shape index (κ3) is 3.78. The van der Waals surface area contributed by atoms with Crippen LogP contribution in [0.5, 0.6) is 5.75 Å². The molecule has 0 saturated carbocycles. The van der Waals surface area contributed by atoms with Crippen LogP contribution >= 0.6 is 11.6 Å². The molecule has 1 amide bonds. The number of rotatable bonds is 4. The number of aliphatic hydroxyl groups is 1. The Morgan fingerprint density at radius 3 is 2.61 bits per heavy atom. The predicted molar refractivity (Wildman–Crippen MR) is 57.5 cm³/mol. The summed E-state index contributed by atoms with van der Waals surface area (Å²) < 4.78 is 40.8. The molecule has 0 unspecified atom stereocenters. The van der Waals surface area contributed by atoms with Crippen LogP contribution < -0.4 is 10.5 Å². The lowest BCUT2D eigenvalue weighted by Gasteiger charge is -2.16. The number of aliphatic hydroxyl groups excluding tert-OH is 1.